The topological polar surface area (TPSA) is 72.5 Å². The second kappa shape index (κ2) is 8.47. The highest BCUT2D eigenvalue weighted by atomic mass is 35.5. The SMILES string of the molecule is COC(=O)CCC(O)c1ccc(CCN)s1.Cl. The predicted molar refractivity (Wildman–Crippen MR) is 70.5 cm³/mol. The lowest BCUT2D eigenvalue weighted by molar-refractivity contribution is -0.141. The van der Waals surface area contributed by atoms with Gasteiger partial charge in [-0.25, -0.2) is 0 Å². The molecule has 0 aliphatic rings. The number of aliphatic hydroxyl groups excluding tert-OH is 1. The third-order valence-electron chi connectivity index (χ3n) is 2.25. The smallest absolute Gasteiger partial charge is 0.305 e. The molecule has 0 aliphatic carbocycles. The Bertz CT molecular complexity index is 343. The van der Waals surface area contributed by atoms with E-state index in [-0.39, 0.29) is 24.8 Å². The molecule has 0 fully saturated rings. The molecular weight excluding hydrogens is 262 g/mol. The zero-order chi connectivity index (χ0) is 12.0. The second-order valence-electron chi connectivity index (χ2n) is 3.47. The number of aliphatic hydroxyl groups is 1. The van der Waals surface area contributed by atoms with E-state index < -0.39 is 6.10 Å². The van der Waals surface area contributed by atoms with Crippen molar-refractivity contribution < 1.29 is 14.6 Å². The highest BCUT2D eigenvalue weighted by Crippen LogP contribution is 2.26. The molecule has 1 rings (SSSR count). The van der Waals surface area contributed by atoms with E-state index in [9.17, 15) is 9.90 Å². The molecular formula is C11H18ClNO3S. The maximum absolute atomic E-state index is 10.9. The van der Waals surface area contributed by atoms with Crippen LogP contribution in [-0.4, -0.2) is 24.7 Å². The maximum Gasteiger partial charge on any atom is 0.305 e. The van der Waals surface area contributed by atoms with Gasteiger partial charge in [0, 0.05) is 16.2 Å². The largest absolute Gasteiger partial charge is 0.469 e. The summed E-state index contributed by atoms with van der Waals surface area (Å²) in [7, 11) is 1.35. The molecule has 0 saturated heterocycles. The number of methoxy groups -OCH3 is 1. The first-order valence-electron chi connectivity index (χ1n) is 5.21. The molecule has 0 radical (unpaired) electrons. The van der Waals surface area contributed by atoms with Gasteiger partial charge in [0.15, 0.2) is 0 Å². The number of halogens is 1. The Morgan fingerprint density at radius 3 is 2.88 bits per heavy atom. The summed E-state index contributed by atoms with van der Waals surface area (Å²) < 4.78 is 4.52. The summed E-state index contributed by atoms with van der Waals surface area (Å²) in [5.74, 6) is -0.294. The summed E-state index contributed by atoms with van der Waals surface area (Å²) >= 11 is 1.54. The van der Waals surface area contributed by atoms with Crippen molar-refractivity contribution >= 4 is 29.7 Å². The minimum Gasteiger partial charge on any atom is -0.469 e. The molecule has 0 aliphatic heterocycles. The van der Waals surface area contributed by atoms with E-state index >= 15 is 0 Å². The second-order valence-corrected chi connectivity index (χ2v) is 4.67. The molecule has 1 aromatic heterocycles. The fraction of sp³-hybridized carbons (Fsp3) is 0.545. The van der Waals surface area contributed by atoms with Gasteiger partial charge in [0.05, 0.1) is 13.2 Å². The van der Waals surface area contributed by atoms with Gasteiger partial charge in [-0.05, 0) is 31.5 Å². The molecule has 1 unspecified atom stereocenters. The zero-order valence-electron chi connectivity index (χ0n) is 9.72. The van der Waals surface area contributed by atoms with E-state index in [1.54, 1.807) is 11.3 Å². The van der Waals surface area contributed by atoms with Crippen molar-refractivity contribution in [3.8, 4) is 0 Å². The van der Waals surface area contributed by atoms with Crippen molar-refractivity contribution in [3.63, 3.8) is 0 Å². The Morgan fingerprint density at radius 2 is 2.29 bits per heavy atom. The summed E-state index contributed by atoms with van der Waals surface area (Å²) in [5, 5.41) is 9.82. The van der Waals surface area contributed by atoms with Crippen LogP contribution in [0.1, 0.15) is 28.7 Å². The molecule has 1 atom stereocenters. The van der Waals surface area contributed by atoms with Gasteiger partial charge in [-0.1, -0.05) is 0 Å². The van der Waals surface area contributed by atoms with Crippen LogP contribution < -0.4 is 5.73 Å². The molecule has 98 valence electrons. The highest BCUT2D eigenvalue weighted by Gasteiger charge is 2.12. The Hall–Kier alpha value is -0.620. The van der Waals surface area contributed by atoms with E-state index in [0.717, 1.165) is 16.2 Å². The van der Waals surface area contributed by atoms with E-state index in [1.165, 1.54) is 7.11 Å². The zero-order valence-corrected chi connectivity index (χ0v) is 11.4. The monoisotopic (exact) mass is 279 g/mol. The number of nitrogens with two attached hydrogens (primary N) is 1. The van der Waals surface area contributed by atoms with E-state index in [1.807, 2.05) is 12.1 Å². The fourth-order valence-electron chi connectivity index (χ4n) is 1.35. The number of rotatable bonds is 6. The molecule has 1 aromatic rings. The standard InChI is InChI=1S/C11H17NO3S.ClH/c1-15-11(14)5-3-9(13)10-4-2-8(16-10)6-7-12;/h2,4,9,13H,3,5-7,12H2,1H3;1H. The molecule has 0 amide bonds. The third-order valence-corrected chi connectivity index (χ3v) is 3.50. The average Bonchev–Trinajstić information content (AvgIpc) is 2.74. The number of carbonyl (C=O) groups excluding carboxylic acids is 1. The van der Waals surface area contributed by atoms with Crippen molar-refractivity contribution in [1.29, 1.82) is 0 Å². The van der Waals surface area contributed by atoms with Crippen LogP contribution in [0.5, 0.6) is 0 Å². The van der Waals surface area contributed by atoms with E-state index in [0.29, 0.717) is 13.0 Å². The summed E-state index contributed by atoms with van der Waals surface area (Å²) in [5.41, 5.74) is 5.45. The molecule has 0 aromatic carbocycles. The lowest BCUT2D eigenvalue weighted by atomic mass is 10.1. The minimum atomic E-state index is -0.587. The molecule has 0 saturated carbocycles. The number of hydrogen-bond donors (Lipinski definition) is 2. The summed E-state index contributed by atoms with van der Waals surface area (Å²) in [6, 6.07) is 3.85. The number of carbonyl (C=O) groups is 1. The summed E-state index contributed by atoms with van der Waals surface area (Å²) in [6.07, 6.45) is 0.876. The van der Waals surface area contributed by atoms with Gasteiger partial charge in [-0.3, -0.25) is 4.79 Å². The minimum absolute atomic E-state index is 0. The van der Waals surface area contributed by atoms with Gasteiger partial charge >= 0.3 is 5.97 Å². The van der Waals surface area contributed by atoms with Gasteiger partial charge in [-0.15, -0.1) is 23.7 Å². The van der Waals surface area contributed by atoms with Crippen LogP contribution in [-0.2, 0) is 16.0 Å². The van der Waals surface area contributed by atoms with Crippen LogP contribution in [0.3, 0.4) is 0 Å². The number of hydrogen-bond acceptors (Lipinski definition) is 5. The quantitative estimate of drug-likeness (QED) is 0.777. The van der Waals surface area contributed by atoms with Crippen LogP contribution in [0.2, 0.25) is 0 Å². The van der Waals surface area contributed by atoms with Crippen molar-refractivity contribution in [2.75, 3.05) is 13.7 Å². The molecule has 0 spiro atoms. The average molecular weight is 280 g/mol. The Labute approximate surface area is 111 Å². The molecule has 6 heteroatoms. The molecule has 4 nitrogen and oxygen atoms in total. The normalized spacial score (nSPS) is 11.7. The van der Waals surface area contributed by atoms with Crippen LogP contribution in [0.4, 0.5) is 0 Å². The Morgan fingerprint density at radius 1 is 1.59 bits per heavy atom. The lowest BCUT2D eigenvalue weighted by Crippen LogP contribution is -2.03. The van der Waals surface area contributed by atoms with Crippen molar-refractivity contribution in [1.82, 2.24) is 0 Å². The molecule has 1 heterocycles. The first kappa shape index (κ1) is 16.4. The Kier molecular flexibility index (Phi) is 8.16. The van der Waals surface area contributed by atoms with Gasteiger partial charge in [0.2, 0.25) is 0 Å². The van der Waals surface area contributed by atoms with Gasteiger partial charge in [0.1, 0.15) is 0 Å². The van der Waals surface area contributed by atoms with Gasteiger partial charge in [-0.2, -0.15) is 0 Å². The van der Waals surface area contributed by atoms with Crippen LogP contribution >= 0.6 is 23.7 Å². The fourth-order valence-corrected chi connectivity index (χ4v) is 2.40. The molecule has 3 N–H and O–H groups in total. The highest BCUT2D eigenvalue weighted by molar-refractivity contribution is 7.12. The van der Waals surface area contributed by atoms with Crippen molar-refractivity contribution in [2.24, 2.45) is 5.73 Å². The number of thiophene rings is 1. The van der Waals surface area contributed by atoms with Crippen LogP contribution in [0.25, 0.3) is 0 Å². The number of esters is 1. The van der Waals surface area contributed by atoms with Crippen LogP contribution in [0, 0.1) is 0 Å². The first-order valence-corrected chi connectivity index (χ1v) is 6.02. The Balaban J connectivity index is 0.00000256. The first-order chi connectivity index (χ1) is 7.67. The van der Waals surface area contributed by atoms with Crippen molar-refractivity contribution in [2.45, 2.75) is 25.4 Å². The van der Waals surface area contributed by atoms with E-state index in [4.69, 9.17) is 5.73 Å². The summed E-state index contributed by atoms with van der Waals surface area (Å²) in [6.45, 7) is 0.609. The molecule has 0 bridgehead atoms. The maximum atomic E-state index is 10.9. The van der Waals surface area contributed by atoms with Crippen molar-refractivity contribution in [3.05, 3.63) is 21.9 Å². The van der Waals surface area contributed by atoms with E-state index in [2.05, 4.69) is 4.74 Å². The van der Waals surface area contributed by atoms with Crippen LogP contribution in [0.15, 0.2) is 12.1 Å². The van der Waals surface area contributed by atoms with Gasteiger partial charge in [0.25, 0.3) is 0 Å². The third kappa shape index (κ3) is 5.50. The lowest BCUT2D eigenvalue weighted by Gasteiger charge is -2.06. The number of ether oxygens (including phenoxy) is 1. The molecule has 17 heavy (non-hydrogen) atoms. The van der Waals surface area contributed by atoms with Gasteiger partial charge < -0.3 is 15.6 Å². The predicted octanol–water partition coefficient (Wildman–Crippen LogP) is 1.66. The summed E-state index contributed by atoms with van der Waals surface area (Å²) in [4.78, 5) is 13.0.